The number of rotatable bonds is 5. The molecular weight excluding hydrogens is 348 g/mol. The highest BCUT2D eigenvalue weighted by Crippen LogP contribution is 2.23. The van der Waals surface area contributed by atoms with Gasteiger partial charge in [0.15, 0.2) is 11.2 Å². The number of nitrogens with zero attached hydrogens (tertiary/aromatic N) is 1. The highest BCUT2D eigenvalue weighted by molar-refractivity contribution is 7.10. The van der Waals surface area contributed by atoms with E-state index in [9.17, 15) is 9.59 Å². The van der Waals surface area contributed by atoms with E-state index in [1.807, 2.05) is 51.5 Å². The van der Waals surface area contributed by atoms with Crippen molar-refractivity contribution in [2.45, 2.75) is 19.9 Å². The molecule has 3 rings (SSSR count). The van der Waals surface area contributed by atoms with Gasteiger partial charge in [0.25, 0.3) is 5.91 Å². The second kappa shape index (κ2) is 7.43. The quantitative estimate of drug-likeness (QED) is 0.747. The van der Waals surface area contributed by atoms with Gasteiger partial charge in [-0.25, -0.2) is 0 Å². The summed E-state index contributed by atoms with van der Waals surface area (Å²) in [6, 6.07) is 9.09. The Kier molecular flexibility index (Phi) is 5.25. The summed E-state index contributed by atoms with van der Waals surface area (Å²) in [5, 5.41) is 5.40. The summed E-state index contributed by atoms with van der Waals surface area (Å²) in [5.41, 5.74) is 2.10. The Bertz CT molecular complexity index is 990. The molecule has 0 radical (unpaired) electrons. The van der Waals surface area contributed by atoms with Crippen LogP contribution in [0.2, 0.25) is 0 Å². The minimum absolute atomic E-state index is 0.0399. The maximum Gasteiger partial charge on any atom is 0.287 e. The van der Waals surface area contributed by atoms with Gasteiger partial charge in [0, 0.05) is 17.5 Å². The van der Waals surface area contributed by atoms with Gasteiger partial charge < -0.3 is 14.6 Å². The first kappa shape index (κ1) is 18.4. The van der Waals surface area contributed by atoms with Crippen molar-refractivity contribution >= 4 is 28.2 Å². The third kappa shape index (κ3) is 3.71. The fraction of sp³-hybridized carbons (Fsp3) is 0.300. The summed E-state index contributed by atoms with van der Waals surface area (Å²) < 4.78 is 5.75. The number of hydrogen-bond acceptors (Lipinski definition) is 5. The first-order valence-corrected chi connectivity index (χ1v) is 9.28. The number of nitrogens with one attached hydrogen (secondary N) is 1. The zero-order chi connectivity index (χ0) is 18.8. The van der Waals surface area contributed by atoms with Crippen molar-refractivity contribution in [2.24, 2.45) is 0 Å². The van der Waals surface area contributed by atoms with Gasteiger partial charge in [-0.3, -0.25) is 9.59 Å². The van der Waals surface area contributed by atoms with Crippen molar-refractivity contribution in [2.75, 3.05) is 20.6 Å². The number of carbonyl (C=O) groups excluding carboxylic acids is 1. The van der Waals surface area contributed by atoms with E-state index in [1.165, 1.54) is 10.9 Å². The van der Waals surface area contributed by atoms with Crippen molar-refractivity contribution in [3.63, 3.8) is 0 Å². The number of thiophene rings is 1. The van der Waals surface area contributed by atoms with Gasteiger partial charge in [0.2, 0.25) is 0 Å². The molecule has 3 aromatic rings. The lowest BCUT2D eigenvalue weighted by Crippen LogP contribution is -2.34. The highest BCUT2D eigenvalue weighted by Gasteiger charge is 2.19. The Labute approximate surface area is 156 Å². The van der Waals surface area contributed by atoms with Crippen molar-refractivity contribution < 1.29 is 9.21 Å². The number of benzene rings is 1. The normalized spacial score (nSPS) is 12.5. The Hall–Kier alpha value is -2.44. The van der Waals surface area contributed by atoms with E-state index in [2.05, 4.69) is 10.2 Å². The van der Waals surface area contributed by atoms with Gasteiger partial charge in [0.1, 0.15) is 5.58 Å². The Balaban J connectivity index is 1.85. The first-order chi connectivity index (χ1) is 12.4. The molecule has 136 valence electrons. The summed E-state index contributed by atoms with van der Waals surface area (Å²) in [6.07, 6.45) is 0. The molecule has 0 spiro atoms. The smallest absolute Gasteiger partial charge is 0.287 e. The second-order valence-corrected chi connectivity index (χ2v) is 7.62. The molecule has 1 aromatic carbocycles. The summed E-state index contributed by atoms with van der Waals surface area (Å²) in [7, 11) is 3.94. The minimum Gasteiger partial charge on any atom is -0.450 e. The monoisotopic (exact) mass is 370 g/mol. The van der Waals surface area contributed by atoms with Crippen LogP contribution in [0, 0.1) is 13.8 Å². The molecule has 26 heavy (non-hydrogen) atoms. The topological polar surface area (TPSA) is 62.6 Å². The fourth-order valence-electron chi connectivity index (χ4n) is 3.02. The van der Waals surface area contributed by atoms with Crippen molar-refractivity contribution in [1.82, 2.24) is 10.2 Å². The van der Waals surface area contributed by atoms with Crippen LogP contribution in [0.5, 0.6) is 0 Å². The Morgan fingerprint density at radius 1 is 1.27 bits per heavy atom. The predicted octanol–water partition coefficient (Wildman–Crippen LogP) is 3.50. The molecular formula is C20H22N2O3S. The van der Waals surface area contributed by atoms with Crippen molar-refractivity contribution in [3.05, 3.63) is 67.7 Å². The van der Waals surface area contributed by atoms with Crippen LogP contribution in [0.25, 0.3) is 11.0 Å². The molecule has 5 nitrogen and oxygen atoms in total. The molecule has 0 aliphatic rings. The van der Waals surface area contributed by atoms with Crippen LogP contribution in [-0.2, 0) is 0 Å². The van der Waals surface area contributed by atoms with Gasteiger partial charge >= 0.3 is 0 Å². The van der Waals surface area contributed by atoms with E-state index in [0.717, 1.165) is 11.1 Å². The molecule has 1 atom stereocenters. The molecule has 0 fully saturated rings. The van der Waals surface area contributed by atoms with Gasteiger partial charge in [-0.2, -0.15) is 0 Å². The van der Waals surface area contributed by atoms with Crippen molar-refractivity contribution in [1.29, 1.82) is 0 Å². The van der Waals surface area contributed by atoms with Crippen LogP contribution < -0.4 is 10.7 Å². The number of likely N-dealkylation sites (N-methyl/N-ethyl adjacent to an activating group) is 1. The molecule has 0 aliphatic carbocycles. The van der Waals surface area contributed by atoms with E-state index in [4.69, 9.17) is 4.42 Å². The van der Waals surface area contributed by atoms with Crippen LogP contribution >= 0.6 is 11.3 Å². The van der Waals surface area contributed by atoms with Crippen molar-refractivity contribution in [3.8, 4) is 0 Å². The summed E-state index contributed by atoms with van der Waals surface area (Å²) in [5.74, 6) is -0.342. The lowest BCUT2D eigenvalue weighted by molar-refractivity contribution is 0.0915. The predicted molar refractivity (Wildman–Crippen MR) is 105 cm³/mol. The van der Waals surface area contributed by atoms with Gasteiger partial charge in [0.05, 0.1) is 11.4 Å². The van der Waals surface area contributed by atoms with Gasteiger partial charge in [-0.05, 0) is 56.6 Å². The lowest BCUT2D eigenvalue weighted by atomic mass is 10.1. The number of hydrogen-bond donors (Lipinski definition) is 1. The second-order valence-electron chi connectivity index (χ2n) is 6.64. The third-order valence-corrected chi connectivity index (χ3v) is 5.31. The highest BCUT2D eigenvalue weighted by atomic mass is 32.1. The molecule has 1 amide bonds. The minimum atomic E-state index is -0.382. The van der Waals surface area contributed by atoms with E-state index in [1.54, 1.807) is 17.4 Å². The van der Waals surface area contributed by atoms with Crippen LogP contribution in [0.15, 0.2) is 44.9 Å². The fourth-order valence-corrected chi connectivity index (χ4v) is 3.94. The number of carbonyl (C=O) groups is 1. The number of aryl methyl sites for hydroxylation is 2. The van der Waals surface area contributed by atoms with Crippen LogP contribution in [0.3, 0.4) is 0 Å². The van der Waals surface area contributed by atoms with Gasteiger partial charge in [-0.1, -0.05) is 12.1 Å². The van der Waals surface area contributed by atoms with Crippen LogP contribution in [0.4, 0.5) is 0 Å². The molecule has 0 saturated heterocycles. The molecule has 2 heterocycles. The molecule has 1 N–H and O–H groups in total. The van der Waals surface area contributed by atoms with Crippen LogP contribution in [-0.4, -0.2) is 31.4 Å². The molecule has 0 unspecified atom stereocenters. The van der Waals surface area contributed by atoms with E-state index >= 15 is 0 Å². The zero-order valence-corrected chi connectivity index (χ0v) is 16.1. The summed E-state index contributed by atoms with van der Waals surface area (Å²) in [6.45, 7) is 4.23. The Morgan fingerprint density at radius 3 is 2.69 bits per heavy atom. The zero-order valence-electron chi connectivity index (χ0n) is 15.3. The van der Waals surface area contributed by atoms with E-state index in [0.29, 0.717) is 17.5 Å². The maximum atomic E-state index is 12.6. The summed E-state index contributed by atoms with van der Waals surface area (Å²) in [4.78, 5) is 28.2. The number of amides is 1. The maximum absolute atomic E-state index is 12.6. The van der Waals surface area contributed by atoms with E-state index in [-0.39, 0.29) is 23.1 Å². The average Bonchev–Trinajstić information content (AvgIpc) is 3.09. The van der Waals surface area contributed by atoms with Gasteiger partial charge in [-0.15, -0.1) is 11.3 Å². The lowest BCUT2D eigenvalue weighted by Gasteiger charge is -2.23. The molecule has 0 bridgehead atoms. The molecule has 0 aliphatic heterocycles. The first-order valence-electron chi connectivity index (χ1n) is 8.40. The largest absolute Gasteiger partial charge is 0.450 e. The summed E-state index contributed by atoms with van der Waals surface area (Å²) >= 11 is 1.65. The van der Waals surface area contributed by atoms with E-state index < -0.39 is 0 Å². The average molecular weight is 370 g/mol. The molecule has 0 saturated carbocycles. The number of fused-ring (bicyclic) bond motifs is 1. The molecule has 6 heteroatoms. The SMILES string of the molecule is Cc1cc(C)c2oc(C(=O)NC[C@@H](c3cccs3)N(C)C)cc(=O)c2c1. The standard InChI is InChI=1S/C20H22N2O3S/c1-12-8-13(2)19-14(9-12)16(23)10-17(25-19)20(24)21-11-15(22(3)4)18-6-5-7-26-18/h5-10,15H,11H2,1-4H3,(H,21,24)/t15-/m0/s1. The Morgan fingerprint density at radius 2 is 2.04 bits per heavy atom. The third-order valence-electron chi connectivity index (χ3n) is 4.33. The van der Waals surface area contributed by atoms with Crippen LogP contribution in [0.1, 0.15) is 32.6 Å². The molecule has 2 aromatic heterocycles.